The highest BCUT2D eigenvalue weighted by atomic mass is 16.3. The van der Waals surface area contributed by atoms with Gasteiger partial charge in [0, 0.05) is 33.3 Å². The molecule has 1 aromatic heterocycles. The number of anilines is 1. The lowest BCUT2D eigenvalue weighted by molar-refractivity contribution is 0.175. The zero-order valence-electron chi connectivity index (χ0n) is 13.2. The minimum atomic E-state index is -0.549. The van der Waals surface area contributed by atoms with Crippen molar-refractivity contribution in [2.45, 2.75) is 12.5 Å². The number of fused-ring (bicyclic) bond motifs is 1. The second-order valence-corrected chi connectivity index (χ2v) is 5.78. The van der Waals surface area contributed by atoms with E-state index in [1.165, 1.54) is 0 Å². The van der Waals surface area contributed by atoms with Crippen LogP contribution in [0.4, 0.5) is 5.69 Å². The van der Waals surface area contributed by atoms with Gasteiger partial charge in [-0.3, -0.25) is 0 Å². The lowest BCUT2D eigenvalue weighted by Crippen LogP contribution is -2.10. The molecule has 0 spiro atoms. The fourth-order valence-electron chi connectivity index (χ4n) is 2.66. The molecule has 0 aliphatic carbocycles. The Balaban J connectivity index is 1.83. The van der Waals surface area contributed by atoms with Gasteiger partial charge in [-0.25, -0.2) is 4.98 Å². The molecule has 0 aliphatic rings. The van der Waals surface area contributed by atoms with E-state index >= 15 is 0 Å². The summed E-state index contributed by atoms with van der Waals surface area (Å²) in [6, 6.07) is 16.0. The molecule has 0 radical (unpaired) electrons. The number of benzene rings is 2. The van der Waals surface area contributed by atoms with Gasteiger partial charge in [0.25, 0.3) is 0 Å². The van der Waals surface area contributed by atoms with Crippen molar-refractivity contribution < 1.29 is 5.11 Å². The topological polar surface area (TPSA) is 41.3 Å². The monoisotopic (exact) mass is 295 g/mol. The Morgan fingerprint density at radius 2 is 1.77 bits per heavy atom. The van der Waals surface area contributed by atoms with Gasteiger partial charge in [-0.15, -0.1) is 0 Å². The van der Waals surface area contributed by atoms with E-state index in [4.69, 9.17) is 0 Å². The van der Waals surface area contributed by atoms with Crippen LogP contribution in [0.25, 0.3) is 11.0 Å². The first kappa shape index (κ1) is 14.6. The standard InChI is InChI=1S/C18H21N3O/c1-20(2)14-10-8-13(9-11-14)17(22)12-18-19-15-6-4-5-7-16(15)21(18)3/h4-11,17,22H,12H2,1-3H3/t17-/m0/s1. The molecule has 114 valence electrons. The van der Waals surface area contributed by atoms with Crippen LogP contribution in [-0.4, -0.2) is 28.8 Å². The third-order valence-electron chi connectivity index (χ3n) is 4.05. The molecular formula is C18H21N3O. The fraction of sp³-hybridized carbons (Fsp3) is 0.278. The summed E-state index contributed by atoms with van der Waals surface area (Å²) >= 11 is 0. The molecule has 0 amide bonds. The van der Waals surface area contributed by atoms with Crippen LogP contribution in [0, 0.1) is 0 Å². The largest absolute Gasteiger partial charge is 0.388 e. The highest BCUT2D eigenvalue weighted by Gasteiger charge is 2.14. The number of hydrogen-bond acceptors (Lipinski definition) is 3. The van der Waals surface area contributed by atoms with Gasteiger partial charge < -0.3 is 14.6 Å². The zero-order chi connectivity index (χ0) is 15.7. The number of rotatable bonds is 4. The first-order valence-electron chi connectivity index (χ1n) is 7.42. The van der Waals surface area contributed by atoms with Crippen LogP contribution in [0.1, 0.15) is 17.5 Å². The quantitative estimate of drug-likeness (QED) is 0.804. The zero-order valence-corrected chi connectivity index (χ0v) is 13.2. The third-order valence-corrected chi connectivity index (χ3v) is 4.05. The molecule has 4 nitrogen and oxygen atoms in total. The van der Waals surface area contributed by atoms with E-state index in [0.717, 1.165) is 28.1 Å². The van der Waals surface area contributed by atoms with E-state index < -0.39 is 6.10 Å². The highest BCUT2D eigenvalue weighted by Crippen LogP contribution is 2.23. The average Bonchev–Trinajstić information content (AvgIpc) is 2.84. The Morgan fingerprint density at radius 1 is 1.09 bits per heavy atom. The second-order valence-electron chi connectivity index (χ2n) is 5.78. The number of aromatic nitrogens is 2. The van der Waals surface area contributed by atoms with Crippen LogP contribution in [0.3, 0.4) is 0 Å². The summed E-state index contributed by atoms with van der Waals surface area (Å²) in [6.45, 7) is 0. The molecule has 4 heteroatoms. The van der Waals surface area contributed by atoms with Crippen LogP contribution in [0.5, 0.6) is 0 Å². The van der Waals surface area contributed by atoms with Crippen molar-refractivity contribution in [2.75, 3.05) is 19.0 Å². The highest BCUT2D eigenvalue weighted by molar-refractivity contribution is 5.75. The van der Waals surface area contributed by atoms with E-state index in [0.29, 0.717) is 6.42 Å². The van der Waals surface area contributed by atoms with Crippen molar-refractivity contribution in [1.82, 2.24) is 9.55 Å². The number of aryl methyl sites for hydroxylation is 1. The van der Waals surface area contributed by atoms with Gasteiger partial charge in [0.05, 0.1) is 17.1 Å². The van der Waals surface area contributed by atoms with Gasteiger partial charge >= 0.3 is 0 Å². The number of para-hydroxylation sites is 2. The summed E-state index contributed by atoms with van der Waals surface area (Å²) in [5, 5.41) is 10.5. The van der Waals surface area contributed by atoms with Crippen LogP contribution < -0.4 is 4.90 Å². The summed E-state index contributed by atoms with van der Waals surface area (Å²) in [7, 11) is 6.00. The van der Waals surface area contributed by atoms with Crippen molar-refractivity contribution in [2.24, 2.45) is 7.05 Å². The molecular weight excluding hydrogens is 274 g/mol. The molecule has 3 rings (SSSR count). The number of hydrogen-bond donors (Lipinski definition) is 1. The summed E-state index contributed by atoms with van der Waals surface area (Å²) < 4.78 is 2.05. The van der Waals surface area contributed by atoms with Gasteiger partial charge in [-0.1, -0.05) is 24.3 Å². The van der Waals surface area contributed by atoms with Crippen LogP contribution in [0.15, 0.2) is 48.5 Å². The molecule has 0 bridgehead atoms. The second kappa shape index (κ2) is 5.81. The predicted octanol–water partition coefficient (Wildman–Crippen LogP) is 2.92. The van der Waals surface area contributed by atoms with Crippen molar-refractivity contribution >= 4 is 16.7 Å². The molecule has 1 N–H and O–H groups in total. The number of aliphatic hydroxyl groups excluding tert-OH is 1. The Morgan fingerprint density at radius 3 is 2.41 bits per heavy atom. The van der Waals surface area contributed by atoms with E-state index in [2.05, 4.69) is 4.98 Å². The molecule has 1 atom stereocenters. The summed E-state index contributed by atoms with van der Waals surface area (Å²) in [5.74, 6) is 0.894. The summed E-state index contributed by atoms with van der Waals surface area (Å²) in [6.07, 6.45) is -0.0429. The average molecular weight is 295 g/mol. The van der Waals surface area contributed by atoms with Gasteiger partial charge in [-0.05, 0) is 29.8 Å². The molecule has 22 heavy (non-hydrogen) atoms. The molecule has 3 aromatic rings. The maximum Gasteiger partial charge on any atom is 0.112 e. The van der Waals surface area contributed by atoms with Crippen molar-refractivity contribution in [3.05, 3.63) is 59.9 Å². The van der Waals surface area contributed by atoms with Crippen molar-refractivity contribution in [3.63, 3.8) is 0 Å². The smallest absolute Gasteiger partial charge is 0.112 e. The third kappa shape index (κ3) is 2.70. The molecule has 0 saturated heterocycles. The van der Waals surface area contributed by atoms with Crippen molar-refractivity contribution in [3.8, 4) is 0 Å². The number of aliphatic hydroxyl groups is 1. The Hall–Kier alpha value is -2.33. The van der Waals surface area contributed by atoms with Gasteiger partial charge in [0.15, 0.2) is 0 Å². The molecule has 0 saturated carbocycles. The Kier molecular flexibility index (Phi) is 3.86. The summed E-state index contributed by atoms with van der Waals surface area (Å²) in [5.41, 5.74) is 4.10. The van der Waals surface area contributed by atoms with Crippen LogP contribution in [0.2, 0.25) is 0 Å². The Labute approximate surface area is 130 Å². The number of imidazole rings is 1. The molecule has 0 aliphatic heterocycles. The maximum atomic E-state index is 10.5. The maximum absolute atomic E-state index is 10.5. The minimum Gasteiger partial charge on any atom is -0.388 e. The van der Waals surface area contributed by atoms with Gasteiger partial charge in [0.1, 0.15) is 5.82 Å². The fourth-order valence-corrected chi connectivity index (χ4v) is 2.66. The molecule has 0 fully saturated rings. The lowest BCUT2D eigenvalue weighted by Gasteiger charge is -2.15. The minimum absolute atomic E-state index is 0.506. The SMILES string of the molecule is CN(C)c1ccc([C@@H](O)Cc2nc3ccccc3n2C)cc1. The molecule has 0 unspecified atom stereocenters. The normalized spacial score (nSPS) is 12.5. The molecule has 1 heterocycles. The van der Waals surface area contributed by atoms with E-state index in [9.17, 15) is 5.11 Å². The van der Waals surface area contributed by atoms with E-state index in [1.807, 2.05) is 79.1 Å². The molecule has 2 aromatic carbocycles. The van der Waals surface area contributed by atoms with E-state index in [-0.39, 0.29) is 0 Å². The Bertz CT molecular complexity index is 775. The van der Waals surface area contributed by atoms with Crippen LogP contribution in [-0.2, 0) is 13.5 Å². The van der Waals surface area contributed by atoms with E-state index in [1.54, 1.807) is 0 Å². The predicted molar refractivity (Wildman–Crippen MR) is 90.1 cm³/mol. The lowest BCUT2D eigenvalue weighted by atomic mass is 10.1. The van der Waals surface area contributed by atoms with Gasteiger partial charge in [0.2, 0.25) is 0 Å². The first-order chi connectivity index (χ1) is 10.6. The van der Waals surface area contributed by atoms with Crippen molar-refractivity contribution in [1.29, 1.82) is 0 Å². The first-order valence-corrected chi connectivity index (χ1v) is 7.42. The van der Waals surface area contributed by atoms with Gasteiger partial charge in [-0.2, -0.15) is 0 Å². The van der Waals surface area contributed by atoms with Crippen LogP contribution >= 0.6 is 0 Å². The number of nitrogens with zero attached hydrogens (tertiary/aromatic N) is 3. The summed E-state index contributed by atoms with van der Waals surface area (Å²) in [4.78, 5) is 6.66.